The van der Waals surface area contributed by atoms with E-state index in [-0.39, 0.29) is 24.3 Å². The van der Waals surface area contributed by atoms with Gasteiger partial charge in [-0.2, -0.15) is 0 Å². The van der Waals surface area contributed by atoms with Gasteiger partial charge >= 0.3 is 0 Å². The van der Waals surface area contributed by atoms with Crippen LogP contribution in [0.2, 0.25) is 0 Å². The smallest absolute Gasteiger partial charge is 0.237 e. The molecule has 154 valence electrons. The average Bonchev–Trinajstić information content (AvgIpc) is 2.64. The fraction of sp³-hybridized carbons (Fsp3) is 0.714. The second-order valence-corrected chi connectivity index (χ2v) is 9.65. The Morgan fingerprint density at radius 3 is 2.11 bits per heavy atom. The molecular weight excluding hydrogens is 379 g/mol. The van der Waals surface area contributed by atoms with E-state index < -0.39 is 27.9 Å². The molecule has 0 aliphatic heterocycles. The molecule has 1 aromatic rings. The molecule has 0 bridgehead atoms. The van der Waals surface area contributed by atoms with E-state index in [9.17, 15) is 16.0 Å². The van der Waals surface area contributed by atoms with Crippen molar-refractivity contribution in [2.24, 2.45) is 17.8 Å². The molecule has 1 aromatic carbocycles. The summed E-state index contributed by atoms with van der Waals surface area (Å²) in [4.78, 5) is -0.747. The van der Waals surface area contributed by atoms with E-state index in [1.165, 1.54) is 25.7 Å². The molecule has 0 radical (unpaired) electrons. The summed E-state index contributed by atoms with van der Waals surface area (Å²) in [7, 11) is 0. The quantitative estimate of drug-likeness (QED) is 0.429. The van der Waals surface area contributed by atoms with Crippen LogP contribution in [0.3, 0.4) is 0 Å². The van der Waals surface area contributed by atoms with Crippen molar-refractivity contribution in [3.05, 3.63) is 29.8 Å². The summed E-state index contributed by atoms with van der Waals surface area (Å²) >= 11 is -5.33. The summed E-state index contributed by atoms with van der Waals surface area (Å²) in [5, 5.41) is 0. The Morgan fingerprint density at radius 2 is 1.59 bits per heavy atom. The van der Waals surface area contributed by atoms with Crippen LogP contribution >= 0.6 is 11.2 Å². The Balaban J connectivity index is 1.62. The second kappa shape index (κ2) is 8.30. The lowest BCUT2D eigenvalue weighted by atomic mass is 9.66. The van der Waals surface area contributed by atoms with Crippen LogP contribution in [0.4, 0.5) is 20.4 Å². The topological polar surface area (TPSA) is 0 Å². The molecule has 2 fully saturated rings. The van der Waals surface area contributed by atoms with Gasteiger partial charge in [0.05, 0.1) is 4.90 Å². The Kier molecular flexibility index (Phi) is 6.44. The van der Waals surface area contributed by atoms with Gasteiger partial charge in [0, 0.05) is 0 Å². The molecule has 2 saturated carbocycles. The lowest BCUT2D eigenvalue weighted by Crippen LogP contribution is -2.40. The number of benzene rings is 1. The van der Waals surface area contributed by atoms with Gasteiger partial charge in [-0.3, -0.25) is 0 Å². The van der Waals surface area contributed by atoms with Gasteiger partial charge in [-0.1, -0.05) is 44.7 Å². The number of hydrogen-bond donors (Lipinski definition) is 0. The molecule has 3 atom stereocenters. The third kappa shape index (κ3) is 4.63. The summed E-state index contributed by atoms with van der Waals surface area (Å²) in [6, 6.07) is 4.02. The van der Waals surface area contributed by atoms with Gasteiger partial charge in [0.2, 0.25) is 11.2 Å². The summed E-state index contributed by atoms with van der Waals surface area (Å²) in [5.41, 5.74) is -2.11. The van der Waals surface area contributed by atoms with Crippen LogP contribution < -0.4 is 0 Å². The number of hydrogen-bond acceptors (Lipinski definition) is 0. The summed E-state index contributed by atoms with van der Waals surface area (Å²) in [6.07, 6.45) is 6.26. The number of rotatable bonds is 5. The Labute approximate surface area is 161 Å². The van der Waals surface area contributed by atoms with Crippen molar-refractivity contribution in [2.75, 3.05) is 0 Å². The summed E-state index contributed by atoms with van der Waals surface area (Å²) in [6.45, 7) is 2.20. The highest BCUT2D eigenvalue weighted by molar-refractivity contribution is 8.20. The molecule has 0 aromatic heterocycles. The first kappa shape index (κ1) is 20.9. The maximum Gasteiger partial charge on any atom is 0.237 e. The largest absolute Gasteiger partial charge is 0.244 e. The molecule has 0 saturated heterocycles. The maximum atomic E-state index is 15.4. The number of alkyl halides is 2. The Bertz CT molecular complexity index is 606. The molecular formula is C21H29F5S. The zero-order chi connectivity index (χ0) is 19.7. The zero-order valence-corrected chi connectivity index (χ0v) is 16.6. The molecule has 2 aliphatic rings. The van der Waals surface area contributed by atoms with Crippen LogP contribution in [0, 0.1) is 17.8 Å². The predicted octanol–water partition coefficient (Wildman–Crippen LogP) is 8.41. The van der Waals surface area contributed by atoms with Crippen LogP contribution in [-0.4, -0.2) is 6.17 Å². The van der Waals surface area contributed by atoms with Crippen molar-refractivity contribution in [3.8, 4) is 0 Å². The van der Waals surface area contributed by atoms with Gasteiger partial charge in [-0.25, -0.2) is 8.78 Å². The second-order valence-electron chi connectivity index (χ2n) is 8.36. The highest BCUT2D eigenvalue weighted by atomic mass is 32.3. The third-order valence-electron chi connectivity index (χ3n) is 6.74. The zero-order valence-electron chi connectivity index (χ0n) is 15.8. The minimum absolute atomic E-state index is 0.0486. The maximum absolute atomic E-state index is 15.4. The highest BCUT2D eigenvalue weighted by Crippen LogP contribution is 2.61. The van der Waals surface area contributed by atoms with E-state index in [0.29, 0.717) is 12.3 Å². The Morgan fingerprint density at radius 1 is 0.963 bits per heavy atom. The third-order valence-corrected chi connectivity index (χ3v) is 7.55. The van der Waals surface area contributed by atoms with Crippen molar-refractivity contribution in [1.82, 2.24) is 0 Å². The van der Waals surface area contributed by atoms with Crippen molar-refractivity contribution in [3.63, 3.8) is 0 Å². The van der Waals surface area contributed by atoms with E-state index in [0.717, 1.165) is 43.0 Å². The Hall–Kier alpha value is -0.780. The monoisotopic (exact) mass is 408 g/mol. The van der Waals surface area contributed by atoms with Crippen LogP contribution in [0.25, 0.3) is 0 Å². The fourth-order valence-electron chi connectivity index (χ4n) is 5.12. The minimum Gasteiger partial charge on any atom is -0.244 e. The molecule has 0 N–H and O–H groups in total. The molecule has 6 heteroatoms. The molecule has 0 spiro atoms. The first-order chi connectivity index (χ1) is 12.7. The molecule has 27 heavy (non-hydrogen) atoms. The van der Waals surface area contributed by atoms with Crippen molar-refractivity contribution >= 4 is 11.2 Å². The molecule has 2 aliphatic carbocycles. The lowest BCUT2D eigenvalue weighted by Gasteiger charge is -2.42. The van der Waals surface area contributed by atoms with Crippen LogP contribution in [0.5, 0.6) is 0 Å². The van der Waals surface area contributed by atoms with Crippen molar-refractivity contribution in [1.29, 1.82) is 0 Å². The van der Waals surface area contributed by atoms with Gasteiger partial charge in [-0.15, -0.1) is 11.7 Å². The van der Waals surface area contributed by atoms with Crippen molar-refractivity contribution < 1.29 is 20.4 Å². The van der Waals surface area contributed by atoms with E-state index in [1.807, 2.05) is 0 Å². The molecule has 3 unspecified atom stereocenters. The fourth-order valence-corrected chi connectivity index (χ4v) is 5.56. The van der Waals surface area contributed by atoms with Gasteiger partial charge in [0.1, 0.15) is 6.17 Å². The number of halogens is 5. The van der Waals surface area contributed by atoms with Gasteiger partial charge in [-0.05, 0) is 67.6 Å². The van der Waals surface area contributed by atoms with E-state index in [4.69, 9.17) is 0 Å². The minimum atomic E-state index is -5.33. The average molecular weight is 409 g/mol. The summed E-state index contributed by atoms with van der Waals surface area (Å²) in [5.74, 6) is 1.45. The van der Waals surface area contributed by atoms with E-state index >= 15 is 4.39 Å². The lowest BCUT2D eigenvalue weighted by molar-refractivity contribution is -0.0274. The van der Waals surface area contributed by atoms with Crippen molar-refractivity contribution in [2.45, 2.75) is 81.4 Å². The van der Waals surface area contributed by atoms with E-state index in [2.05, 4.69) is 6.92 Å². The van der Waals surface area contributed by atoms with Crippen LogP contribution in [-0.2, 0) is 5.67 Å². The van der Waals surface area contributed by atoms with Crippen LogP contribution in [0.1, 0.15) is 70.3 Å². The standard InChI is InChI=1S/C21H29F5S/c1-2-3-15-4-6-16(7-5-15)17-12-13-21(23,20(22)14-17)18-8-10-19(11-9-18)27(24,25)26/h8-11,15-17,20H,2-7,12-14H2,1H3/t15-,16-,17?,20?,21?. The van der Waals surface area contributed by atoms with Gasteiger partial charge in [0.15, 0.2) is 5.67 Å². The molecule has 3 rings (SSSR count). The first-order valence-corrected chi connectivity index (χ1v) is 11.4. The van der Waals surface area contributed by atoms with Gasteiger partial charge < -0.3 is 0 Å². The summed E-state index contributed by atoms with van der Waals surface area (Å²) < 4.78 is 68.6. The van der Waals surface area contributed by atoms with Gasteiger partial charge in [0.25, 0.3) is 0 Å². The normalized spacial score (nSPS) is 35.8. The van der Waals surface area contributed by atoms with E-state index in [1.54, 1.807) is 0 Å². The molecule has 0 amide bonds. The van der Waals surface area contributed by atoms with Crippen LogP contribution in [0.15, 0.2) is 29.2 Å². The molecule has 0 heterocycles. The highest BCUT2D eigenvalue weighted by Gasteiger charge is 2.47. The first-order valence-electron chi connectivity index (χ1n) is 10.1. The SMILES string of the molecule is CCC[C@H]1CC[C@H](C2CCC(F)(c3ccc(S(F)(F)F)cc3)C(F)C2)CC1. The molecule has 0 nitrogen and oxygen atoms in total. The predicted molar refractivity (Wildman–Crippen MR) is 101 cm³/mol.